The monoisotopic (exact) mass is 357 g/mol. The zero-order valence-corrected chi connectivity index (χ0v) is 15.5. The number of hydrogen-bond donors (Lipinski definition) is 2. The molecule has 1 aliphatic carbocycles. The highest BCUT2D eigenvalue weighted by Gasteiger charge is 2.38. The Labute approximate surface area is 154 Å². The molecule has 1 saturated carbocycles. The van der Waals surface area contributed by atoms with E-state index in [4.69, 9.17) is 0 Å². The van der Waals surface area contributed by atoms with E-state index in [9.17, 15) is 14.4 Å². The molecule has 1 aromatic carbocycles. The number of anilines is 1. The molecule has 0 aromatic heterocycles. The zero-order valence-electron chi connectivity index (χ0n) is 15.5. The summed E-state index contributed by atoms with van der Waals surface area (Å²) in [6, 6.07) is 6.11. The third kappa shape index (κ3) is 4.06. The van der Waals surface area contributed by atoms with Crippen molar-refractivity contribution in [3.8, 4) is 0 Å². The second kappa shape index (κ2) is 7.89. The van der Waals surface area contributed by atoms with Crippen LogP contribution in [0.15, 0.2) is 18.2 Å². The first-order valence-electron chi connectivity index (χ1n) is 9.39. The minimum Gasteiger partial charge on any atom is -0.347 e. The largest absolute Gasteiger partial charge is 0.347 e. The van der Waals surface area contributed by atoms with Gasteiger partial charge in [-0.1, -0.05) is 31.0 Å². The van der Waals surface area contributed by atoms with Crippen LogP contribution >= 0.6 is 0 Å². The molecule has 2 N–H and O–H groups in total. The van der Waals surface area contributed by atoms with Crippen molar-refractivity contribution in [2.75, 3.05) is 18.4 Å². The van der Waals surface area contributed by atoms with Crippen molar-refractivity contribution in [2.45, 2.75) is 52.0 Å². The van der Waals surface area contributed by atoms with Gasteiger partial charge >= 0.3 is 0 Å². The maximum absolute atomic E-state index is 12.4. The first-order valence-corrected chi connectivity index (χ1v) is 9.39. The molecule has 2 fully saturated rings. The van der Waals surface area contributed by atoms with E-state index in [1.165, 1.54) is 0 Å². The van der Waals surface area contributed by atoms with E-state index in [1.807, 2.05) is 36.9 Å². The molecular formula is C20H27N3O3. The Morgan fingerprint density at radius 3 is 2.46 bits per heavy atom. The van der Waals surface area contributed by atoms with E-state index in [2.05, 4.69) is 10.6 Å². The van der Waals surface area contributed by atoms with Gasteiger partial charge in [0.25, 0.3) is 0 Å². The van der Waals surface area contributed by atoms with Crippen LogP contribution in [0, 0.1) is 19.8 Å². The number of likely N-dealkylation sites (tertiary alicyclic amines) is 1. The summed E-state index contributed by atoms with van der Waals surface area (Å²) < 4.78 is 0. The van der Waals surface area contributed by atoms with Gasteiger partial charge in [-0.3, -0.25) is 14.4 Å². The van der Waals surface area contributed by atoms with Gasteiger partial charge in [0.05, 0.1) is 12.5 Å². The number of nitrogens with one attached hydrogen (secondary N) is 2. The fourth-order valence-electron chi connectivity index (χ4n) is 3.98. The Hall–Kier alpha value is -2.37. The molecule has 1 aromatic rings. The molecule has 0 spiro atoms. The van der Waals surface area contributed by atoms with Crippen molar-refractivity contribution in [1.82, 2.24) is 10.2 Å². The molecule has 0 radical (unpaired) electrons. The van der Waals surface area contributed by atoms with Crippen molar-refractivity contribution in [2.24, 2.45) is 5.92 Å². The van der Waals surface area contributed by atoms with Crippen LogP contribution in [0.5, 0.6) is 0 Å². The summed E-state index contributed by atoms with van der Waals surface area (Å²) in [4.78, 5) is 38.6. The highest BCUT2D eigenvalue weighted by molar-refractivity contribution is 5.97. The number of aryl methyl sites for hydroxylation is 2. The van der Waals surface area contributed by atoms with Gasteiger partial charge in [0.15, 0.2) is 0 Å². The molecule has 3 rings (SSSR count). The summed E-state index contributed by atoms with van der Waals surface area (Å²) in [5.74, 6) is -0.753. The third-order valence-electron chi connectivity index (χ3n) is 5.46. The molecule has 140 valence electrons. The van der Waals surface area contributed by atoms with Crippen molar-refractivity contribution < 1.29 is 14.4 Å². The van der Waals surface area contributed by atoms with E-state index in [1.54, 1.807) is 0 Å². The third-order valence-corrected chi connectivity index (χ3v) is 5.46. The lowest BCUT2D eigenvalue weighted by atomic mass is 10.1. The molecular weight excluding hydrogens is 330 g/mol. The highest BCUT2D eigenvalue weighted by atomic mass is 16.2. The molecule has 0 bridgehead atoms. The topological polar surface area (TPSA) is 78.5 Å². The van der Waals surface area contributed by atoms with E-state index < -0.39 is 0 Å². The molecule has 3 amide bonds. The van der Waals surface area contributed by atoms with Crippen molar-refractivity contribution in [1.29, 1.82) is 0 Å². The molecule has 1 atom stereocenters. The van der Waals surface area contributed by atoms with Gasteiger partial charge in [0.1, 0.15) is 0 Å². The number of carbonyl (C=O) groups excluding carboxylic acids is 3. The number of carbonyl (C=O) groups is 3. The van der Waals surface area contributed by atoms with E-state index >= 15 is 0 Å². The lowest BCUT2D eigenvalue weighted by Crippen LogP contribution is -2.39. The van der Waals surface area contributed by atoms with E-state index in [-0.39, 0.29) is 36.6 Å². The molecule has 1 aliphatic heterocycles. The Balaban J connectivity index is 1.49. The average molecular weight is 357 g/mol. The van der Waals surface area contributed by atoms with Gasteiger partial charge in [0, 0.05) is 24.7 Å². The first-order chi connectivity index (χ1) is 12.5. The lowest BCUT2D eigenvalue weighted by Gasteiger charge is -2.23. The minimum absolute atomic E-state index is 0.0667. The fourth-order valence-corrected chi connectivity index (χ4v) is 3.98. The summed E-state index contributed by atoms with van der Waals surface area (Å²) >= 11 is 0. The highest BCUT2D eigenvalue weighted by Crippen LogP contribution is 2.29. The standard InChI is InChI=1S/C20H27N3O3/c1-13-6-5-7-14(2)19(13)22-17(24)11-21-20(26)15-10-18(25)23(12-15)16-8-3-4-9-16/h5-7,15-16H,3-4,8-12H2,1-2H3,(H,21,26)(H,22,24)/t15-/m0/s1. The molecule has 6 heteroatoms. The molecule has 2 aliphatic rings. The Morgan fingerprint density at radius 1 is 1.15 bits per heavy atom. The van der Waals surface area contributed by atoms with Crippen molar-refractivity contribution in [3.63, 3.8) is 0 Å². The van der Waals surface area contributed by atoms with Gasteiger partial charge < -0.3 is 15.5 Å². The number of para-hydroxylation sites is 1. The predicted molar refractivity (Wildman–Crippen MR) is 99.6 cm³/mol. The van der Waals surface area contributed by atoms with Crippen LogP contribution in [0.3, 0.4) is 0 Å². The number of hydrogen-bond acceptors (Lipinski definition) is 3. The Bertz CT molecular complexity index is 690. The normalized spacial score (nSPS) is 20.5. The molecule has 6 nitrogen and oxygen atoms in total. The van der Waals surface area contributed by atoms with Crippen molar-refractivity contribution in [3.05, 3.63) is 29.3 Å². The number of benzene rings is 1. The maximum Gasteiger partial charge on any atom is 0.243 e. The minimum atomic E-state index is -0.351. The summed E-state index contributed by atoms with van der Waals surface area (Å²) in [6.45, 7) is 4.26. The second-order valence-corrected chi connectivity index (χ2v) is 7.42. The van der Waals surface area contributed by atoms with Crippen LogP contribution in [-0.2, 0) is 14.4 Å². The van der Waals surface area contributed by atoms with Gasteiger partial charge in [-0.05, 0) is 37.8 Å². The fraction of sp³-hybridized carbons (Fsp3) is 0.550. The van der Waals surface area contributed by atoms with Gasteiger partial charge in [-0.25, -0.2) is 0 Å². The summed E-state index contributed by atoms with van der Waals surface area (Å²) in [5.41, 5.74) is 2.76. The first kappa shape index (κ1) is 18.4. The van der Waals surface area contributed by atoms with Crippen LogP contribution in [0.4, 0.5) is 5.69 Å². The van der Waals surface area contributed by atoms with Gasteiger partial charge in [-0.15, -0.1) is 0 Å². The molecule has 1 saturated heterocycles. The number of rotatable bonds is 5. The Kier molecular flexibility index (Phi) is 5.59. The second-order valence-electron chi connectivity index (χ2n) is 7.42. The van der Waals surface area contributed by atoms with Gasteiger partial charge in [0.2, 0.25) is 17.7 Å². The molecule has 1 heterocycles. The molecule has 0 unspecified atom stereocenters. The molecule has 26 heavy (non-hydrogen) atoms. The number of amides is 3. The average Bonchev–Trinajstić information content (AvgIpc) is 3.25. The number of nitrogens with zero attached hydrogens (tertiary/aromatic N) is 1. The lowest BCUT2D eigenvalue weighted by molar-refractivity contribution is -0.130. The van der Waals surface area contributed by atoms with Crippen LogP contribution in [0.1, 0.15) is 43.2 Å². The predicted octanol–water partition coefficient (Wildman–Crippen LogP) is 2.15. The van der Waals surface area contributed by atoms with E-state index in [0.717, 1.165) is 42.5 Å². The Morgan fingerprint density at radius 2 is 1.81 bits per heavy atom. The van der Waals surface area contributed by atoms with Crippen LogP contribution < -0.4 is 10.6 Å². The van der Waals surface area contributed by atoms with Crippen LogP contribution in [0.2, 0.25) is 0 Å². The quantitative estimate of drug-likeness (QED) is 0.847. The van der Waals surface area contributed by atoms with E-state index in [0.29, 0.717) is 12.6 Å². The summed E-state index contributed by atoms with van der Waals surface area (Å²) in [7, 11) is 0. The SMILES string of the molecule is Cc1cccc(C)c1NC(=O)CNC(=O)[C@H]1CC(=O)N(C2CCCC2)C1. The maximum atomic E-state index is 12.4. The smallest absolute Gasteiger partial charge is 0.243 e. The summed E-state index contributed by atoms with van der Waals surface area (Å²) in [5, 5.41) is 5.54. The van der Waals surface area contributed by atoms with Crippen LogP contribution in [-0.4, -0.2) is 41.8 Å². The summed E-state index contributed by atoms with van der Waals surface area (Å²) in [6.07, 6.45) is 4.64. The van der Waals surface area contributed by atoms with Crippen molar-refractivity contribution >= 4 is 23.4 Å². The zero-order chi connectivity index (χ0) is 18.7. The van der Waals surface area contributed by atoms with Crippen LogP contribution in [0.25, 0.3) is 0 Å². The van der Waals surface area contributed by atoms with Gasteiger partial charge in [-0.2, -0.15) is 0 Å².